The zero-order valence-corrected chi connectivity index (χ0v) is 14.3. The summed E-state index contributed by atoms with van der Waals surface area (Å²) >= 11 is 0. The van der Waals surface area contributed by atoms with Crippen LogP contribution in [0.25, 0.3) is 0 Å². The Hall–Kier alpha value is -1.43. The Morgan fingerprint density at radius 2 is 1.87 bits per heavy atom. The van der Waals surface area contributed by atoms with Gasteiger partial charge in [0.05, 0.1) is 12.6 Å². The van der Waals surface area contributed by atoms with Gasteiger partial charge in [-0.1, -0.05) is 37.3 Å². The highest BCUT2D eigenvalue weighted by Crippen LogP contribution is 2.08. The molecule has 1 saturated heterocycles. The average molecular weight is 319 g/mol. The number of hydrogen-bond acceptors (Lipinski definition) is 4. The van der Waals surface area contributed by atoms with Crippen molar-refractivity contribution < 1.29 is 9.90 Å². The first-order valence-corrected chi connectivity index (χ1v) is 8.49. The molecule has 1 aromatic carbocycles. The van der Waals surface area contributed by atoms with Gasteiger partial charge in [-0.25, -0.2) is 0 Å². The van der Waals surface area contributed by atoms with Gasteiger partial charge in [-0.05, 0) is 19.0 Å². The van der Waals surface area contributed by atoms with Crippen molar-refractivity contribution in [1.82, 2.24) is 14.7 Å². The molecule has 1 aliphatic heterocycles. The van der Waals surface area contributed by atoms with Crippen LogP contribution in [-0.4, -0.2) is 78.1 Å². The lowest BCUT2D eigenvalue weighted by atomic mass is 10.2. The van der Waals surface area contributed by atoms with E-state index in [9.17, 15) is 9.90 Å². The van der Waals surface area contributed by atoms with E-state index in [2.05, 4.69) is 29.0 Å². The topological polar surface area (TPSA) is 47.0 Å². The Morgan fingerprint density at radius 3 is 2.48 bits per heavy atom. The summed E-state index contributed by atoms with van der Waals surface area (Å²) < 4.78 is 0. The molecule has 0 aliphatic carbocycles. The van der Waals surface area contributed by atoms with E-state index >= 15 is 0 Å². The third kappa shape index (κ3) is 5.94. The summed E-state index contributed by atoms with van der Waals surface area (Å²) in [6.07, 6.45) is 0.313. The molecule has 5 nitrogen and oxygen atoms in total. The lowest BCUT2D eigenvalue weighted by Gasteiger charge is -2.34. The number of aliphatic hydroxyl groups excluding tert-OH is 1. The first-order chi connectivity index (χ1) is 11.1. The van der Waals surface area contributed by atoms with Crippen LogP contribution in [0.1, 0.15) is 18.9 Å². The van der Waals surface area contributed by atoms with E-state index in [4.69, 9.17) is 0 Å². The van der Waals surface area contributed by atoms with Gasteiger partial charge in [0.25, 0.3) is 0 Å². The zero-order valence-electron chi connectivity index (χ0n) is 14.3. The van der Waals surface area contributed by atoms with Crippen LogP contribution in [0.3, 0.4) is 0 Å². The number of likely N-dealkylation sites (N-methyl/N-ethyl adjacent to an activating group) is 1. The van der Waals surface area contributed by atoms with Crippen molar-refractivity contribution >= 4 is 5.91 Å². The highest BCUT2D eigenvalue weighted by Gasteiger charge is 2.22. The maximum atomic E-state index is 12.6. The number of carbonyl (C=O) groups is 1. The minimum Gasteiger partial charge on any atom is -0.392 e. The summed E-state index contributed by atoms with van der Waals surface area (Å²) in [6.45, 7) is 7.02. The van der Waals surface area contributed by atoms with E-state index in [0.717, 1.165) is 26.2 Å². The number of carbonyl (C=O) groups excluding carboxylic acids is 1. The summed E-state index contributed by atoms with van der Waals surface area (Å²) in [5.41, 5.74) is 1.17. The second-order valence-corrected chi connectivity index (χ2v) is 6.40. The van der Waals surface area contributed by atoms with Crippen molar-refractivity contribution in [2.75, 3.05) is 46.3 Å². The van der Waals surface area contributed by atoms with E-state index in [1.807, 2.05) is 30.0 Å². The first kappa shape index (κ1) is 17.9. The molecule has 2 rings (SSSR count). The van der Waals surface area contributed by atoms with Crippen LogP contribution < -0.4 is 0 Å². The molecule has 1 atom stereocenters. The third-order valence-electron chi connectivity index (χ3n) is 4.40. The molecule has 23 heavy (non-hydrogen) atoms. The maximum Gasteiger partial charge on any atom is 0.236 e. The molecular formula is C18H29N3O2. The quantitative estimate of drug-likeness (QED) is 0.815. The van der Waals surface area contributed by atoms with Gasteiger partial charge in [0, 0.05) is 39.3 Å². The minimum atomic E-state index is -0.390. The van der Waals surface area contributed by atoms with Crippen LogP contribution in [0, 0.1) is 0 Å². The standard InChI is InChI=1S/C18H29N3O2/c1-3-17(22)14-20(13-16-7-5-4-6-8-16)15-18(23)21-11-9-19(2)10-12-21/h4-8,17,22H,3,9-15H2,1-2H3. The fourth-order valence-electron chi connectivity index (χ4n) is 2.80. The Morgan fingerprint density at radius 1 is 1.22 bits per heavy atom. The minimum absolute atomic E-state index is 0.164. The number of aliphatic hydroxyl groups is 1. The van der Waals surface area contributed by atoms with Crippen molar-refractivity contribution in [2.24, 2.45) is 0 Å². The van der Waals surface area contributed by atoms with E-state index in [0.29, 0.717) is 26.1 Å². The van der Waals surface area contributed by atoms with Gasteiger partial charge in [-0.15, -0.1) is 0 Å². The molecule has 128 valence electrons. The molecule has 0 aromatic heterocycles. The molecule has 0 radical (unpaired) electrons. The Kier molecular flexibility index (Phi) is 7.02. The summed E-state index contributed by atoms with van der Waals surface area (Å²) in [5.74, 6) is 0.164. The van der Waals surface area contributed by atoms with Crippen LogP contribution in [0.15, 0.2) is 30.3 Å². The van der Waals surface area contributed by atoms with Gasteiger partial charge < -0.3 is 14.9 Å². The summed E-state index contributed by atoms with van der Waals surface area (Å²) in [5, 5.41) is 9.99. The molecule has 1 amide bonds. The normalized spacial score (nSPS) is 17.5. The molecule has 1 fully saturated rings. The van der Waals surface area contributed by atoms with Gasteiger partial charge in [0.15, 0.2) is 0 Å². The average Bonchev–Trinajstić information content (AvgIpc) is 2.56. The fourth-order valence-corrected chi connectivity index (χ4v) is 2.80. The predicted octanol–water partition coefficient (Wildman–Crippen LogP) is 1.03. The van der Waals surface area contributed by atoms with Crippen molar-refractivity contribution in [2.45, 2.75) is 26.0 Å². The Bertz CT molecular complexity index is 472. The second kappa shape index (κ2) is 9.01. The van der Waals surface area contributed by atoms with E-state index in [1.54, 1.807) is 0 Å². The highest BCUT2D eigenvalue weighted by molar-refractivity contribution is 5.78. The van der Waals surface area contributed by atoms with Gasteiger partial charge in [0.1, 0.15) is 0 Å². The van der Waals surface area contributed by atoms with Gasteiger partial charge >= 0.3 is 0 Å². The van der Waals surface area contributed by atoms with Crippen LogP contribution in [0.2, 0.25) is 0 Å². The molecule has 0 saturated carbocycles. The predicted molar refractivity (Wildman–Crippen MR) is 92.1 cm³/mol. The van der Waals surface area contributed by atoms with Crippen LogP contribution in [0.5, 0.6) is 0 Å². The molecule has 1 unspecified atom stereocenters. The lowest BCUT2D eigenvalue weighted by Crippen LogP contribution is -2.50. The van der Waals surface area contributed by atoms with Gasteiger partial charge in [-0.2, -0.15) is 0 Å². The van der Waals surface area contributed by atoms with Crippen molar-refractivity contribution in [3.8, 4) is 0 Å². The number of piperazine rings is 1. The van der Waals surface area contributed by atoms with Gasteiger partial charge in [0.2, 0.25) is 5.91 Å². The van der Waals surface area contributed by atoms with Crippen LogP contribution >= 0.6 is 0 Å². The van der Waals surface area contributed by atoms with Crippen molar-refractivity contribution in [1.29, 1.82) is 0 Å². The molecule has 5 heteroatoms. The van der Waals surface area contributed by atoms with E-state index in [1.165, 1.54) is 5.56 Å². The molecule has 1 aliphatic rings. The third-order valence-corrected chi connectivity index (χ3v) is 4.40. The number of rotatable bonds is 7. The smallest absolute Gasteiger partial charge is 0.236 e. The second-order valence-electron chi connectivity index (χ2n) is 6.40. The zero-order chi connectivity index (χ0) is 16.7. The molecule has 1 aromatic rings. The first-order valence-electron chi connectivity index (χ1n) is 8.49. The number of benzene rings is 1. The van der Waals surface area contributed by atoms with Gasteiger partial charge in [-0.3, -0.25) is 9.69 Å². The Balaban J connectivity index is 1.94. The number of amides is 1. The molecular weight excluding hydrogens is 290 g/mol. The Labute approximate surface area is 139 Å². The molecule has 1 heterocycles. The highest BCUT2D eigenvalue weighted by atomic mass is 16.3. The SMILES string of the molecule is CCC(O)CN(CC(=O)N1CCN(C)CC1)Cc1ccccc1. The monoisotopic (exact) mass is 319 g/mol. The fraction of sp³-hybridized carbons (Fsp3) is 0.611. The van der Waals surface area contributed by atoms with E-state index < -0.39 is 0 Å². The number of nitrogens with zero attached hydrogens (tertiary/aromatic N) is 3. The number of hydrogen-bond donors (Lipinski definition) is 1. The van der Waals surface area contributed by atoms with Crippen molar-refractivity contribution in [3.05, 3.63) is 35.9 Å². The molecule has 0 spiro atoms. The lowest BCUT2D eigenvalue weighted by molar-refractivity contribution is -0.134. The maximum absolute atomic E-state index is 12.6. The summed E-state index contributed by atoms with van der Waals surface area (Å²) in [4.78, 5) is 18.8. The van der Waals surface area contributed by atoms with E-state index in [-0.39, 0.29) is 12.0 Å². The summed E-state index contributed by atoms with van der Waals surface area (Å²) in [6, 6.07) is 10.1. The van der Waals surface area contributed by atoms with Crippen LogP contribution in [0.4, 0.5) is 0 Å². The molecule has 1 N–H and O–H groups in total. The van der Waals surface area contributed by atoms with Crippen molar-refractivity contribution in [3.63, 3.8) is 0 Å². The van der Waals surface area contributed by atoms with Crippen LogP contribution in [-0.2, 0) is 11.3 Å². The molecule has 0 bridgehead atoms. The summed E-state index contributed by atoms with van der Waals surface area (Å²) in [7, 11) is 2.08. The largest absolute Gasteiger partial charge is 0.392 e.